The van der Waals surface area contributed by atoms with Gasteiger partial charge in [-0.05, 0) is 50.8 Å². The monoisotopic (exact) mass is 654 g/mol. The number of aromatic nitrogens is 2. The molecule has 1 aliphatic rings. The number of ether oxygens (including phenoxy) is 2. The van der Waals surface area contributed by atoms with E-state index in [1.807, 2.05) is 24.3 Å². The van der Waals surface area contributed by atoms with E-state index in [0.29, 0.717) is 29.4 Å². The number of carboxylic acid groups (broad SMARTS) is 1. The van der Waals surface area contributed by atoms with E-state index in [9.17, 15) is 14.7 Å². The second-order valence-electron chi connectivity index (χ2n) is 12.2. The van der Waals surface area contributed by atoms with Crippen LogP contribution >= 0.6 is 0 Å². The van der Waals surface area contributed by atoms with Crippen LogP contribution in [0.3, 0.4) is 0 Å². The molecule has 12 heteroatoms. The zero-order valence-electron chi connectivity index (χ0n) is 27.4. The average Bonchev–Trinajstić information content (AvgIpc) is 3.04. The minimum Gasteiger partial charge on any atom is -0.491 e. The van der Waals surface area contributed by atoms with Crippen molar-refractivity contribution in [1.29, 1.82) is 0 Å². The van der Waals surface area contributed by atoms with Crippen molar-refractivity contribution < 1.29 is 28.6 Å². The van der Waals surface area contributed by atoms with Crippen LogP contribution in [-0.4, -0.2) is 58.0 Å². The summed E-state index contributed by atoms with van der Waals surface area (Å²) in [5.74, 6) is -0.328. The Kier molecular flexibility index (Phi) is 9.83. The number of hydrogen-bond acceptors (Lipinski definition) is 8. The van der Waals surface area contributed by atoms with Crippen molar-refractivity contribution in [3.05, 3.63) is 96.5 Å². The number of amides is 2. The minimum absolute atomic E-state index is 0.0370. The van der Waals surface area contributed by atoms with E-state index in [0.717, 1.165) is 16.7 Å². The first-order chi connectivity index (χ1) is 22.9. The summed E-state index contributed by atoms with van der Waals surface area (Å²) in [7, 11) is 1.49. The van der Waals surface area contributed by atoms with Crippen LogP contribution in [0.1, 0.15) is 50.0 Å². The number of benzene rings is 3. The molecule has 250 valence electrons. The number of carbonyl (C=O) groups excluding carboxylic acids is 1. The molecule has 0 fully saturated rings. The standard InChI is InChI=1S/C36H39FN6O5/c1-7-9-18-47-28-20-25(42(6)35(46)48-36(3,4)5)19-26(37)31(28)39-27-15-11-14-24-21-38-33(40-30(24)27)41-32-29-22(8-2)12-10-13-23(29)16-17-43(32)34(44)45/h7-8,10-15,19-21,32,39H,1-2,9,16-18H2,3-6H3,(H,44,45)(H,38,40,41). The SMILES string of the molecule is C=CCCOc1cc(N(C)C(=O)OC(C)(C)C)cc(F)c1Nc1cccc2cnc(NC3c4c(C=C)cccc4CCN3C(=O)O)nc12. The zero-order valence-corrected chi connectivity index (χ0v) is 27.4. The fraction of sp³-hybridized carbons (Fsp3) is 0.278. The molecule has 11 nitrogen and oxygen atoms in total. The Labute approximate surface area is 278 Å². The molecule has 2 heterocycles. The van der Waals surface area contributed by atoms with E-state index in [-0.39, 0.29) is 36.2 Å². The molecule has 3 N–H and O–H groups in total. The third kappa shape index (κ3) is 7.33. The molecule has 1 aromatic heterocycles. The van der Waals surface area contributed by atoms with Crippen molar-refractivity contribution >= 4 is 52.2 Å². The van der Waals surface area contributed by atoms with Gasteiger partial charge < -0.3 is 25.2 Å². The van der Waals surface area contributed by atoms with Gasteiger partial charge >= 0.3 is 12.2 Å². The van der Waals surface area contributed by atoms with Crippen molar-refractivity contribution in [2.75, 3.05) is 35.7 Å². The van der Waals surface area contributed by atoms with E-state index in [4.69, 9.17) is 14.5 Å². The Morgan fingerprint density at radius 3 is 2.67 bits per heavy atom. The topological polar surface area (TPSA) is 129 Å². The summed E-state index contributed by atoms with van der Waals surface area (Å²) >= 11 is 0. The molecule has 48 heavy (non-hydrogen) atoms. The molecule has 3 aromatic carbocycles. The summed E-state index contributed by atoms with van der Waals surface area (Å²) in [6.07, 6.45) is 3.56. The molecular weight excluding hydrogens is 615 g/mol. The predicted molar refractivity (Wildman–Crippen MR) is 185 cm³/mol. The normalized spacial score (nSPS) is 14.1. The van der Waals surface area contributed by atoms with Gasteiger partial charge in [0.1, 0.15) is 23.2 Å². The van der Waals surface area contributed by atoms with E-state index in [2.05, 4.69) is 28.8 Å². The Morgan fingerprint density at radius 1 is 1.19 bits per heavy atom. The Bertz CT molecular complexity index is 1870. The number of halogens is 1. The number of anilines is 4. The molecular formula is C36H39FN6O5. The second-order valence-corrected chi connectivity index (χ2v) is 12.2. The van der Waals surface area contributed by atoms with Gasteiger partial charge in [0.15, 0.2) is 5.82 Å². The van der Waals surface area contributed by atoms with E-state index >= 15 is 4.39 Å². The van der Waals surface area contributed by atoms with Crippen LogP contribution in [0.5, 0.6) is 5.75 Å². The lowest BCUT2D eigenvalue weighted by Crippen LogP contribution is -2.43. The predicted octanol–water partition coefficient (Wildman–Crippen LogP) is 8.13. The average molecular weight is 655 g/mol. The maximum atomic E-state index is 15.9. The van der Waals surface area contributed by atoms with Gasteiger partial charge in [0.05, 0.1) is 23.5 Å². The van der Waals surface area contributed by atoms with Crippen LogP contribution in [-0.2, 0) is 11.2 Å². The number of para-hydroxylation sites is 1. The van der Waals surface area contributed by atoms with Gasteiger partial charge in [-0.25, -0.2) is 23.9 Å². The maximum Gasteiger partial charge on any atom is 0.414 e. The maximum absolute atomic E-state index is 15.9. The lowest BCUT2D eigenvalue weighted by atomic mass is 9.92. The number of carbonyl (C=O) groups is 2. The molecule has 0 radical (unpaired) electrons. The summed E-state index contributed by atoms with van der Waals surface area (Å²) in [5.41, 5.74) is 3.04. The van der Waals surface area contributed by atoms with Crippen LogP contribution in [0.4, 0.5) is 37.0 Å². The van der Waals surface area contributed by atoms with Crippen molar-refractivity contribution in [3.8, 4) is 5.75 Å². The smallest absolute Gasteiger partial charge is 0.414 e. The van der Waals surface area contributed by atoms with Crippen LogP contribution in [0.25, 0.3) is 17.0 Å². The van der Waals surface area contributed by atoms with Gasteiger partial charge in [0.25, 0.3) is 0 Å². The number of rotatable bonds is 10. The molecule has 1 atom stereocenters. The lowest BCUT2D eigenvalue weighted by molar-refractivity contribution is 0.0589. The van der Waals surface area contributed by atoms with Crippen molar-refractivity contribution in [2.45, 2.75) is 45.4 Å². The van der Waals surface area contributed by atoms with Crippen LogP contribution < -0.4 is 20.3 Å². The minimum atomic E-state index is -1.08. The number of nitrogens with zero attached hydrogens (tertiary/aromatic N) is 4. The van der Waals surface area contributed by atoms with Gasteiger partial charge in [-0.3, -0.25) is 9.80 Å². The highest BCUT2D eigenvalue weighted by atomic mass is 19.1. The molecule has 0 bridgehead atoms. The van der Waals surface area contributed by atoms with Crippen molar-refractivity contribution in [2.24, 2.45) is 0 Å². The van der Waals surface area contributed by atoms with Gasteiger partial charge in [-0.15, -0.1) is 6.58 Å². The quantitative estimate of drug-likeness (QED) is 0.115. The summed E-state index contributed by atoms with van der Waals surface area (Å²) in [5, 5.41) is 17.1. The Balaban J connectivity index is 1.52. The summed E-state index contributed by atoms with van der Waals surface area (Å²) in [4.78, 5) is 36.8. The fourth-order valence-electron chi connectivity index (χ4n) is 5.41. The molecule has 0 saturated carbocycles. The third-order valence-corrected chi connectivity index (χ3v) is 7.71. The highest BCUT2D eigenvalue weighted by molar-refractivity contribution is 5.94. The van der Waals surface area contributed by atoms with Gasteiger partial charge in [-0.1, -0.05) is 49.1 Å². The summed E-state index contributed by atoms with van der Waals surface area (Å²) < 4.78 is 27.3. The largest absolute Gasteiger partial charge is 0.491 e. The summed E-state index contributed by atoms with van der Waals surface area (Å²) in [6, 6.07) is 13.9. The molecule has 1 aliphatic heterocycles. The van der Waals surface area contributed by atoms with E-state index < -0.39 is 29.8 Å². The van der Waals surface area contributed by atoms with Crippen molar-refractivity contribution in [1.82, 2.24) is 14.9 Å². The number of hydrogen-bond donors (Lipinski definition) is 3. The molecule has 0 aliphatic carbocycles. The Hall–Kier alpha value is -5.65. The van der Waals surface area contributed by atoms with Gasteiger partial charge in [0, 0.05) is 42.9 Å². The lowest BCUT2D eigenvalue weighted by Gasteiger charge is -2.36. The first-order valence-corrected chi connectivity index (χ1v) is 15.5. The highest BCUT2D eigenvalue weighted by Crippen LogP contribution is 2.38. The van der Waals surface area contributed by atoms with E-state index in [1.165, 1.54) is 22.9 Å². The van der Waals surface area contributed by atoms with Crippen molar-refractivity contribution in [3.63, 3.8) is 0 Å². The van der Waals surface area contributed by atoms with E-state index in [1.54, 1.807) is 57.3 Å². The highest BCUT2D eigenvalue weighted by Gasteiger charge is 2.33. The first kappa shape index (κ1) is 33.7. The number of nitrogens with one attached hydrogen (secondary N) is 2. The molecule has 2 amide bonds. The fourth-order valence-corrected chi connectivity index (χ4v) is 5.41. The van der Waals surface area contributed by atoms with Crippen LogP contribution in [0.15, 0.2) is 74.0 Å². The summed E-state index contributed by atoms with van der Waals surface area (Å²) in [6.45, 7) is 13.4. The van der Waals surface area contributed by atoms with Gasteiger partial charge in [-0.2, -0.15) is 0 Å². The molecule has 0 saturated heterocycles. The van der Waals surface area contributed by atoms with Gasteiger partial charge in [0.2, 0.25) is 5.95 Å². The van der Waals surface area contributed by atoms with Crippen LogP contribution in [0.2, 0.25) is 0 Å². The molecule has 0 spiro atoms. The second kappa shape index (κ2) is 14.0. The third-order valence-electron chi connectivity index (χ3n) is 7.71. The molecule has 5 rings (SSSR count). The van der Waals surface area contributed by atoms with Crippen LogP contribution in [0, 0.1) is 5.82 Å². The first-order valence-electron chi connectivity index (χ1n) is 15.5. The Morgan fingerprint density at radius 2 is 1.96 bits per heavy atom. The number of fused-ring (bicyclic) bond motifs is 2. The zero-order chi connectivity index (χ0) is 34.6. The molecule has 4 aromatic rings. The molecule has 1 unspecified atom stereocenters.